The van der Waals surface area contributed by atoms with Crippen LogP contribution in [-0.2, 0) is 6.54 Å². The van der Waals surface area contributed by atoms with Crippen molar-refractivity contribution < 1.29 is 4.79 Å². The first-order valence-electron chi connectivity index (χ1n) is 4.34. The van der Waals surface area contributed by atoms with Gasteiger partial charge in [0.05, 0.1) is 5.69 Å². The van der Waals surface area contributed by atoms with E-state index in [1.54, 1.807) is 12.1 Å². The monoisotopic (exact) mass is 326 g/mol. The van der Waals surface area contributed by atoms with E-state index in [0.29, 0.717) is 22.3 Å². The number of nitrogen functional groups attached to an aromatic ring is 1. The highest BCUT2D eigenvalue weighted by Gasteiger charge is 2.10. The van der Waals surface area contributed by atoms with Crippen LogP contribution >= 0.6 is 39.9 Å². The Morgan fingerprint density at radius 1 is 1.50 bits per heavy atom. The minimum atomic E-state index is -0.476. The van der Waals surface area contributed by atoms with Crippen molar-refractivity contribution in [3.8, 4) is 0 Å². The van der Waals surface area contributed by atoms with E-state index in [-0.39, 0.29) is 12.4 Å². The number of hydrogen-bond acceptors (Lipinski definition) is 3. The molecule has 0 aliphatic heterocycles. The quantitative estimate of drug-likeness (QED) is 0.686. The molecule has 0 amide bonds. The van der Waals surface area contributed by atoms with Crippen molar-refractivity contribution in [3.05, 3.63) is 27.7 Å². The second-order valence-electron chi connectivity index (χ2n) is 3.54. The highest BCUT2D eigenvalue weighted by atomic mass is 79.9. The summed E-state index contributed by atoms with van der Waals surface area (Å²) < 4.78 is 0.700. The molecule has 0 spiro atoms. The highest BCUT2D eigenvalue weighted by Crippen LogP contribution is 2.26. The Bertz CT molecular complexity index is 397. The van der Waals surface area contributed by atoms with Gasteiger partial charge < -0.3 is 10.6 Å². The Balaban J connectivity index is 0.00000225. The molecule has 0 aromatic heterocycles. The Kier molecular flexibility index (Phi) is 6.33. The molecule has 1 rings (SSSR count). The van der Waals surface area contributed by atoms with Crippen LogP contribution in [0.2, 0.25) is 0 Å². The number of halogens is 3. The van der Waals surface area contributed by atoms with Crippen molar-refractivity contribution in [2.45, 2.75) is 6.54 Å². The predicted octanol–water partition coefficient (Wildman–Crippen LogP) is 2.89. The second-order valence-corrected chi connectivity index (χ2v) is 4.74. The molecule has 3 nitrogen and oxygen atoms in total. The van der Waals surface area contributed by atoms with Gasteiger partial charge in [-0.15, -0.1) is 12.4 Å². The minimum absolute atomic E-state index is 0. The van der Waals surface area contributed by atoms with E-state index >= 15 is 0 Å². The third kappa shape index (κ3) is 3.94. The van der Waals surface area contributed by atoms with Gasteiger partial charge in [-0.3, -0.25) is 4.79 Å². The number of nitrogens with two attached hydrogens (primary N) is 1. The molecule has 0 saturated carbocycles. The molecule has 0 bridgehead atoms. The topological polar surface area (TPSA) is 46.3 Å². The summed E-state index contributed by atoms with van der Waals surface area (Å²) >= 11 is 8.72. The van der Waals surface area contributed by atoms with Crippen LogP contribution in [0.3, 0.4) is 0 Å². The molecule has 0 fully saturated rings. The number of hydrogen-bond donors (Lipinski definition) is 1. The van der Waals surface area contributed by atoms with Gasteiger partial charge in [0.1, 0.15) is 0 Å². The van der Waals surface area contributed by atoms with Gasteiger partial charge >= 0.3 is 0 Å². The molecular weight excluding hydrogens is 315 g/mol. The van der Waals surface area contributed by atoms with Crippen molar-refractivity contribution in [1.29, 1.82) is 0 Å². The average Bonchev–Trinajstić information content (AvgIpc) is 2.11. The Morgan fingerprint density at radius 2 is 2.06 bits per heavy atom. The minimum Gasteiger partial charge on any atom is -0.398 e. The van der Waals surface area contributed by atoms with Crippen molar-refractivity contribution in [2.75, 3.05) is 19.8 Å². The largest absolute Gasteiger partial charge is 0.398 e. The first-order chi connectivity index (χ1) is 6.91. The summed E-state index contributed by atoms with van der Waals surface area (Å²) in [7, 11) is 3.87. The zero-order valence-electron chi connectivity index (χ0n) is 8.96. The highest BCUT2D eigenvalue weighted by molar-refractivity contribution is 9.10. The van der Waals surface area contributed by atoms with Gasteiger partial charge in [0, 0.05) is 16.6 Å². The van der Waals surface area contributed by atoms with Crippen molar-refractivity contribution in [2.24, 2.45) is 0 Å². The fourth-order valence-corrected chi connectivity index (χ4v) is 1.87. The van der Waals surface area contributed by atoms with Gasteiger partial charge in [-0.2, -0.15) is 0 Å². The van der Waals surface area contributed by atoms with E-state index in [4.69, 9.17) is 17.3 Å². The number of benzene rings is 1. The Morgan fingerprint density at radius 3 is 2.50 bits per heavy atom. The SMILES string of the molecule is CN(C)Cc1cc(C(=O)Cl)cc(Br)c1N.Cl. The number of rotatable bonds is 3. The third-order valence-corrected chi connectivity index (χ3v) is 2.80. The fourth-order valence-electron chi connectivity index (χ4n) is 1.26. The van der Waals surface area contributed by atoms with Crippen LogP contribution in [0, 0.1) is 0 Å². The summed E-state index contributed by atoms with van der Waals surface area (Å²) in [6.07, 6.45) is 0. The van der Waals surface area contributed by atoms with Crippen LogP contribution in [0.15, 0.2) is 16.6 Å². The molecule has 1 aromatic rings. The van der Waals surface area contributed by atoms with Gasteiger partial charge in [-0.25, -0.2) is 0 Å². The van der Waals surface area contributed by atoms with Gasteiger partial charge in [-0.05, 0) is 59.3 Å². The Hall–Kier alpha value is -0.290. The maximum absolute atomic E-state index is 11.0. The maximum Gasteiger partial charge on any atom is 0.252 e. The smallest absolute Gasteiger partial charge is 0.252 e. The van der Waals surface area contributed by atoms with E-state index in [2.05, 4.69) is 15.9 Å². The summed E-state index contributed by atoms with van der Waals surface area (Å²) in [6, 6.07) is 3.35. The zero-order valence-corrected chi connectivity index (χ0v) is 12.1. The van der Waals surface area contributed by atoms with Crippen LogP contribution in [0.25, 0.3) is 0 Å². The molecule has 1 aromatic carbocycles. The summed E-state index contributed by atoms with van der Waals surface area (Å²) in [4.78, 5) is 13.0. The van der Waals surface area contributed by atoms with Crippen molar-refractivity contribution in [3.63, 3.8) is 0 Å². The van der Waals surface area contributed by atoms with Gasteiger partial charge in [0.2, 0.25) is 0 Å². The lowest BCUT2D eigenvalue weighted by Crippen LogP contribution is -2.13. The van der Waals surface area contributed by atoms with Gasteiger partial charge in [0.25, 0.3) is 5.24 Å². The fraction of sp³-hybridized carbons (Fsp3) is 0.300. The molecule has 6 heteroatoms. The number of carbonyl (C=O) groups is 1. The standard InChI is InChI=1S/C10H12BrClN2O.ClH/c1-14(2)5-7-3-6(10(12)15)4-8(11)9(7)13;/h3-4H,5,13H2,1-2H3;1H. The van der Waals surface area contributed by atoms with Crippen molar-refractivity contribution in [1.82, 2.24) is 4.90 Å². The van der Waals surface area contributed by atoms with Crippen LogP contribution in [-0.4, -0.2) is 24.2 Å². The number of carbonyl (C=O) groups excluding carboxylic acids is 1. The molecule has 0 heterocycles. The molecule has 0 radical (unpaired) electrons. The van der Waals surface area contributed by atoms with E-state index < -0.39 is 5.24 Å². The summed E-state index contributed by atoms with van der Waals surface area (Å²) in [5.74, 6) is 0. The molecule has 0 unspecified atom stereocenters. The molecular formula is C10H13BrCl2N2O. The van der Waals surface area contributed by atoms with Gasteiger partial charge in [0.15, 0.2) is 0 Å². The summed E-state index contributed by atoms with van der Waals surface area (Å²) in [6.45, 7) is 0.669. The predicted molar refractivity (Wildman–Crippen MR) is 73.4 cm³/mol. The van der Waals surface area contributed by atoms with E-state index in [0.717, 1.165) is 5.56 Å². The first-order valence-corrected chi connectivity index (χ1v) is 5.51. The Labute approximate surface area is 114 Å². The molecule has 0 aliphatic rings. The average molecular weight is 328 g/mol. The maximum atomic E-state index is 11.0. The van der Waals surface area contributed by atoms with E-state index in [1.165, 1.54) is 0 Å². The third-order valence-electron chi connectivity index (χ3n) is 1.93. The summed E-state index contributed by atoms with van der Waals surface area (Å²) in [5, 5.41) is -0.476. The van der Waals surface area contributed by atoms with Crippen molar-refractivity contribution >= 4 is 50.9 Å². The number of anilines is 1. The van der Waals surface area contributed by atoms with Crippen LogP contribution in [0.1, 0.15) is 15.9 Å². The zero-order chi connectivity index (χ0) is 11.6. The first kappa shape index (κ1) is 15.7. The lowest BCUT2D eigenvalue weighted by atomic mass is 10.1. The molecule has 0 aliphatic carbocycles. The number of nitrogens with zero attached hydrogens (tertiary/aromatic N) is 1. The summed E-state index contributed by atoms with van der Waals surface area (Å²) in [5.41, 5.74) is 7.86. The lowest BCUT2D eigenvalue weighted by Gasteiger charge is -2.13. The van der Waals surface area contributed by atoms with E-state index in [9.17, 15) is 4.79 Å². The second kappa shape index (κ2) is 6.45. The molecule has 0 atom stereocenters. The van der Waals surface area contributed by atoms with Crippen LogP contribution in [0.5, 0.6) is 0 Å². The molecule has 16 heavy (non-hydrogen) atoms. The normalized spacial score (nSPS) is 10.1. The lowest BCUT2D eigenvalue weighted by molar-refractivity contribution is 0.108. The molecule has 2 N–H and O–H groups in total. The van der Waals surface area contributed by atoms with E-state index in [1.807, 2.05) is 19.0 Å². The molecule has 90 valence electrons. The molecule has 0 saturated heterocycles. The van der Waals surface area contributed by atoms with Crippen LogP contribution < -0.4 is 5.73 Å². The van der Waals surface area contributed by atoms with Crippen LogP contribution in [0.4, 0.5) is 5.69 Å². The van der Waals surface area contributed by atoms with Gasteiger partial charge in [-0.1, -0.05) is 0 Å².